The lowest BCUT2D eigenvalue weighted by Crippen LogP contribution is -2.41. The second kappa shape index (κ2) is 4.49. The Balaban J connectivity index is 2.23. The van der Waals surface area contributed by atoms with Crippen LogP contribution in [0.4, 0.5) is 0 Å². The lowest BCUT2D eigenvalue weighted by atomic mass is 9.78. The minimum absolute atomic E-state index is 0.298. The summed E-state index contributed by atoms with van der Waals surface area (Å²) in [7, 11) is 1.85. The van der Waals surface area contributed by atoms with Crippen LogP contribution < -0.4 is 0 Å². The fraction of sp³-hybridized carbons (Fsp3) is 0.667. The van der Waals surface area contributed by atoms with Gasteiger partial charge in [0.15, 0.2) is 0 Å². The highest BCUT2D eigenvalue weighted by atomic mass is 16.5. The minimum Gasteiger partial charge on any atom is -0.481 e. The summed E-state index contributed by atoms with van der Waals surface area (Å²) in [6.07, 6.45) is 1.97. The Morgan fingerprint density at radius 3 is 2.94 bits per heavy atom. The first-order valence-electron chi connectivity index (χ1n) is 5.84. The molecule has 2 heterocycles. The topological polar surface area (TPSA) is 64.3 Å². The summed E-state index contributed by atoms with van der Waals surface area (Å²) in [4.78, 5) is 11.5. The molecule has 2 rings (SSSR count). The van der Waals surface area contributed by atoms with E-state index < -0.39 is 11.4 Å². The predicted molar refractivity (Wildman–Crippen MR) is 61.8 cm³/mol. The Kier molecular flexibility index (Phi) is 3.19. The monoisotopic (exact) mass is 238 g/mol. The van der Waals surface area contributed by atoms with Crippen molar-refractivity contribution in [1.29, 1.82) is 0 Å². The molecule has 94 valence electrons. The van der Waals surface area contributed by atoms with E-state index in [1.807, 2.05) is 20.0 Å². The molecule has 1 aliphatic heterocycles. The zero-order valence-electron chi connectivity index (χ0n) is 10.3. The number of carbonyl (C=O) groups is 1. The Morgan fingerprint density at radius 1 is 1.71 bits per heavy atom. The molecule has 1 fully saturated rings. The van der Waals surface area contributed by atoms with Crippen LogP contribution in [-0.4, -0.2) is 34.1 Å². The van der Waals surface area contributed by atoms with Crippen molar-refractivity contribution < 1.29 is 14.6 Å². The maximum atomic E-state index is 11.5. The molecule has 1 aromatic heterocycles. The van der Waals surface area contributed by atoms with Crippen molar-refractivity contribution in [1.82, 2.24) is 9.78 Å². The summed E-state index contributed by atoms with van der Waals surface area (Å²) in [5, 5.41) is 13.7. The third-order valence-electron chi connectivity index (χ3n) is 3.39. The standard InChI is InChI=1S/C12H18N2O3/c1-9-6-10(14(2)13-9)7-12(11(15)16)4-3-5-17-8-12/h6H,3-5,7-8H2,1-2H3,(H,15,16). The van der Waals surface area contributed by atoms with Crippen LogP contribution in [0, 0.1) is 12.3 Å². The molecule has 5 nitrogen and oxygen atoms in total. The lowest BCUT2D eigenvalue weighted by Gasteiger charge is -2.32. The number of aryl methyl sites for hydroxylation is 2. The summed E-state index contributed by atoms with van der Waals surface area (Å²) < 4.78 is 7.11. The molecule has 1 saturated heterocycles. The van der Waals surface area contributed by atoms with Crippen molar-refractivity contribution in [3.63, 3.8) is 0 Å². The molecule has 0 bridgehead atoms. The number of carboxylic acids is 1. The highest BCUT2D eigenvalue weighted by Crippen LogP contribution is 2.33. The molecule has 1 atom stereocenters. The zero-order chi connectivity index (χ0) is 12.5. The highest BCUT2D eigenvalue weighted by molar-refractivity contribution is 5.75. The maximum Gasteiger partial charge on any atom is 0.312 e. The quantitative estimate of drug-likeness (QED) is 0.858. The van der Waals surface area contributed by atoms with Gasteiger partial charge in [0.05, 0.1) is 17.7 Å². The maximum absolute atomic E-state index is 11.5. The van der Waals surface area contributed by atoms with Crippen molar-refractivity contribution in [2.45, 2.75) is 26.2 Å². The molecule has 5 heteroatoms. The smallest absolute Gasteiger partial charge is 0.312 e. The van der Waals surface area contributed by atoms with Gasteiger partial charge in [0.2, 0.25) is 0 Å². The molecular weight excluding hydrogens is 220 g/mol. The Labute approximate surface area is 100 Å². The largest absolute Gasteiger partial charge is 0.481 e. The molecule has 17 heavy (non-hydrogen) atoms. The molecule has 1 N–H and O–H groups in total. The highest BCUT2D eigenvalue weighted by Gasteiger charge is 2.41. The number of hydrogen-bond acceptors (Lipinski definition) is 3. The van der Waals surface area contributed by atoms with E-state index in [-0.39, 0.29) is 0 Å². The van der Waals surface area contributed by atoms with Gasteiger partial charge in [0.1, 0.15) is 0 Å². The molecule has 1 aromatic rings. The molecule has 0 amide bonds. The van der Waals surface area contributed by atoms with Gasteiger partial charge >= 0.3 is 5.97 Å². The Bertz CT molecular complexity index is 419. The van der Waals surface area contributed by atoms with Crippen LogP contribution in [0.2, 0.25) is 0 Å². The van der Waals surface area contributed by atoms with E-state index in [1.54, 1.807) is 4.68 Å². The lowest BCUT2D eigenvalue weighted by molar-refractivity contribution is -0.157. The molecule has 0 radical (unpaired) electrons. The van der Waals surface area contributed by atoms with Gasteiger partial charge < -0.3 is 9.84 Å². The van der Waals surface area contributed by atoms with Crippen LogP contribution in [0.15, 0.2) is 6.07 Å². The van der Waals surface area contributed by atoms with E-state index in [4.69, 9.17) is 4.74 Å². The number of aliphatic carboxylic acids is 1. The van der Waals surface area contributed by atoms with E-state index in [2.05, 4.69) is 5.10 Å². The molecule has 1 aliphatic rings. The van der Waals surface area contributed by atoms with Crippen molar-refractivity contribution >= 4 is 5.97 Å². The van der Waals surface area contributed by atoms with E-state index in [0.29, 0.717) is 26.1 Å². The summed E-state index contributed by atoms with van der Waals surface area (Å²) >= 11 is 0. The van der Waals surface area contributed by atoms with Crippen molar-refractivity contribution in [2.24, 2.45) is 12.5 Å². The molecule has 0 aliphatic carbocycles. The first kappa shape index (κ1) is 12.1. The van der Waals surface area contributed by atoms with Gasteiger partial charge in [-0.25, -0.2) is 0 Å². The number of nitrogens with zero attached hydrogens (tertiary/aromatic N) is 2. The summed E-state index contributed by atoms with van der Waals surface area (Å²) in [6.45, 7) is 2.88. The van der Waals surface area contributed by atoms with Crippen molar-refractivity contribution in [2.75, 3.05) is 13.2 Å². The Morgan fingerprint density at radius 2 is 2.47 bits per heavy atom. The Hall–Kier alpha value is -1.36. The van der Waals surface area contributed by atoms with Gasteiger partial charge in [-0.05, 0) is 25.8 Å². The number of hydrogen-bond donors (Lipinski definition) is 1. The number of aromatic nitrogens is 2. The number of carboxylic acid groups (broad SMARTS) is 1. The van der Waals surface area contributed by atoms with E-state index in [0.717, 1.165) is 17.8 Å². The molecule has 0 saturated carbocycles. The van der Waals surface area contributed by atoms with E-state index in [1.165, 1.54) is 0 Å². The zero-order valence-corrected chi connectivity index (χ0v) is 10.3. The van der Waals surface area contributed by atoms with Gasteiger partial charge in [-0.1, -0.05) is 0 Å². The SMILES string of the molecule is Cc1cc(CC2(C(=O)O)CCCOC2)n(C)n1. The van der Waals surface area contributed by atoms with Crippen LogP contribution >= 0.6 is 0 Å². The third kappa shape index (κ3) is 2.34. The van der Waals surface area contributed by atoms with Crippen molar-refractivity contribution in [3.8, 4) is 0 Å². The average molecular weight is 238 g/mol. The summed E-state index contributed by atoms with van der Waals surface area (Å²) in [6, 6.07) is 1.94. The molecule has 0 aromatic carbocycles. The molecule has 1 unspecified atom stereocenters. The first-order valence-corrected chi connectivity index (χ1v) is 5.84. The van der Waals surface area contributed by atoms with Gasteiger partial charge in [0, 0.05) is 25.8 Å². The van der Waals surface area contributed by atoms with Crippen LogP contribution in [0.3, 0.4) is 0 Å². The first-order chi connectivity index (χ1) is 8.03. The van der Waals surface area contributed by atoms with Gasteiger partial charge in [-0.15, -0.1) is 0 Å². The number of rotatable bonds is 3. The van der Waals surface area contributed by atoms with Crippen LogP contribution in [-0.2, 0) is 23.0 Å². The molecular formula is C12H18N2O3. The van der Waals surface area contributed by atoms with Crippen molar-refractivity contribution in [3.05, 3.63) is 17.5 Å². The second-order valence-electron chi connectivity index (χ2n) is 4.82. The van der Waals surface area contributed by atoms with Crippen LogP contribution in [0.1, 0.15) is 24.2 Å². The molecule has 0 spiro atoms. The average Bonchev–Trinajstić information content (AvgIpc) is 2.58. The van der Waals surface area contributed by atoms with Crippen LogP contribution in [0.25, 0.3) is 0 Å². The fourth-order valence-electron chi connectivity index (χ4n) is 2.41. The summed E-state index contributed by atoms with van der Waals surface area (Å²) in [5.74, 6) is -0.768. The fourth-order valence-corrected chi connectivity index (χ4v) is 2.41. The number of ether oxygens (including phenoxy) is 1. The van der Waals surface area contributed by atoms with Gasteiger partial charge in [-0.2, -0.15) is 5.10 Å². The minimum atomic E-state index is -0.779. The normalized spacial score (nSPS) is 24.8. The van der Waals surface area contributed by atoms with E-state index in [9.17, 15) is 9.90 Å². The van der Waals surface area contributed by atoms with Gasteiger partial charge in [0.25, 0.3) is 0 Å². The van der Waals surface area contributed by atoms with Gasteiger partial charge in [-0.3, -0.25) is 9.48 Å². The second-order valence-corrected chi connectivity index (χ2v) is 4.82. The third-order valence-corrected chi connectivity index (χ3v) is 3.39. The summed E-state index contributed by atoms with van der Waals surface area (Å²) in [5.41, 5.74) is 1.09. The van der Waals surface area contributed by atoms with E-state index >= 15 is 0 Å². The van der Waals surface area contributed by atoms with Crippen LogP contribution in [0.5, 0.6) is 0 Å². The predicted octanol–water partition coefficient (Wildman–Crippen LogP) is 1.15.